The van der Waals surface area contributed by atoms with Gasteiger partial charge >= 0.3 is 5.97 Å². The minimum Gasteiger partial charge on any atom is -0.462 e. The van der Waals surface area contributed by atoms with Crippen molar-refractivity contribution in [3.8, 4) is 0 Å². The summed E-state index contributed by atoms with van der Waals surface area (Å²) in [6.07, 6.45) is 6.87. The first-order valence-electron chi connectivity index (χ1n) is 10.6. The molecule has 0 radical (unpaired) electrons. The highest BCUT2D eigenvalue weighted by Gasteiger charge is 2.30. The third-order valence-electron chi connectivity index (χ3n) is 5.95. The van der Waals surface area contributed by atoms with Crippen molar-refractivity contribution < 1.29 is 13.9 Å². The Bertz CT molecular complexity index is 1190. The zero-order valence-electron chi connectivity index (χ0n) is 17.2. The highest BCUT2D eigenvalue weighted by atomic mass is 19.1. The molecule has 2 aliphatic rings. The van der Waals surface area contributed by atoms with Gasteiger partial charge in [0.25, 0.3) is 0 Å². The molecule has 1 saturated heterocycles. The lowest BCUT2D eigenvalue weighted by molar-refractivity contribution is 0.0524. The van der Waals surface area contributed by atoms with Gasteiger partial charge < -0.3 is 14.2 Å². The highest BCUT2D eigenvalue weighted by Crippen LogP contribution is 2.37. The summed E-state index contributed by atoms with van der Waals surface area (Å²) in [5, 5.41) is 10.8. The molecule has 1 aliphatic heterocycles. The standard InChI is InChI=1S/C21H23FN6O3/c1-2-31-21(30)15-11-28(13-5-6-13)19-14(18(15)29)8-16(22)20(24-19)27-7-3-4-12(10-27)17-9-23-26-25-17/h8-9,11-13H,2-7,10H2,1H3,(H,23,25,26). The fourth-order valence-corrected chi connectivity index (χ4v) is 4.26. The summed E-state index contributed by atoms with van der Waals surface area (Å²) in [4.78, 5) is 31.7. The maximum atomic E-state index is 15.2. The number of anilines is 1. The Morgan fingerprint density at radius 1 is 1.35 bits per heavy atom. The van der Waals surface area contributed by atoms with Crippen LogP contribution in [0, 0.1) is 5.82 Å². The van der Waals surface area contributed by atoms with Gasteiger partial charge in [0.1, 0.15) is 11.2 Å². The van der Waals surface area contributed by atoms with E-state index in [2.05, 4.69) is 20.4 Å². The van der Waals surface area contributed by atoms with Crippen molar-refractivity contribution in [2.75, 3.05) is 24.6 Å². The minimum absolute atomic E-state index is 0.0840. The Morgan fingerprint density at radius 2 is 2.19 bits per heavy atom. The van der Waals surface area contributed by atoms with E-state index in [1.807, 2.05) is 9.47 Å². The number of H-pyrrole nitrogens is 1. The summed E-state index contributed by atoms with van der Waals surface area (Å²) in [6, 6.07) is 1.35. The zero-order chi connectivity index (χ0) is 21.5. The minimum atomic E-state index is -0.695. The molecule has 0 amide bonds. The van der Waals surface area contributed by atoms with Crippen molar-refractivity contribution in [2.45, 2.75) is 44.6 Å². The SMILES string of the molecule is CCOC(=O)c1cn(C2CC2)c2nc(N3CCCC(c4cn[nH]n4)C3)c(F)cc2c1=O. The molecule has 31 heavy (non-hydrogen) atoms. The highest BCUT2D eigenvalue weighted by molar-refractivity contribution is 5.93. The molecule has 0 aromatic carbocycles. The number of rotatable bonds is 5. The van der Waals surface area contributed by atoms with Crippen LogP contribution in [0.25, 0.3) is 11.0 Å². The van der Waals surface area contributed by atoms with Gasteiger partial charge in [0.15, 0.2) is 11.6 Å². The summed E-state index contributed by atoms with van der Waals surface area (Å²) in [5.74, 6) is -0.923. The number of carbonyl (C=O) groups is 1. The van der Waals surface area contributed by atoms with E-state index in [0.29, 0.717) is 18.7 Å². The monoisotopic (exact) mass is 426 g/mol. The lowest BCUT2D eigenvalue weighted by Crippen LogP contribution is -2.36. The zero-order valence-corrected chi connectivity index (χ0v) is 17.2. The summed E-state index contributed by atoms with van der Waals surface area (Å²) < 4.78 is 22.0. The maximum Gasteiger partial charge on any atom is 0.343 e. The van der Waals surface area contributed by atoms with Crippen LogP contribution >= 0.6 is 0 Å². The van der Waals surface area contributed by atoms with Gasteiger partial charge in [0, 0.05) is 31.2 Å². The van der Waals surface area contributed by atoms with Crippen LogP contribution in [0.2, 0.25) is 0 Å². The number of hydrogen-bond donors (Lipinski definition) is 1. The summed E-state index contributed by atoms with van der Waals surface area (Å²) in [7, 11) is 0. The van der Waals surface area contributed by atoms with Crippen molar-refractivity contribution in [3.05, 3.63) is 45.8 Å². The quantitative estimate of drug-likeness (QED) is 0.625. The second-order valence-electron chi connectivity index (χ2n) is 8.08. The van der Waals surface area contributed by atoms with Gasteiger partial charge in [-0.1, -0.05) is 0 Å². The van der Waals surface area contributed by atoms with Crippen LogP contribution in [-0.4, -0.2) is 50.6 Å². The average Bonchev–Trinajstić information content (AvgIpc) is 3.46. The van der Waals surface area contributed by atoms with Gasteiger partial charge in [-0.2, -0.15) is 15.4 Å². The smallest absolute Gasteiger partial charge is 0.343 e. The van der Waals surface area contributed by atoms with Crippen molar-refractivity contribution in [3.63, 3.8) is 0 Å². The van der Waals surface area contributed by atoms with Crippen molar-refractivity contribution in [1.82, 2.24) is 25.0 Å². The van der Waals surface area contributed by atoms with E-state index in [1.54, 1.807) is 13.1 Å². The van der Waals surface area contributed by atoms with Gasteiger partial charge in [0.05, 0.1) is 23.9 Å². The fraction of sp³-hybridized carbons (Fsp3) is 0.476. The number of carbonyl (C=O) groups excluding carboxylic acids is 1. The van der Waals surface area contributed by atoms with E-state index in [1.165, 1.54) is 12.3 Å². The molecule has 0 spiro atoms. The van der Waals surface area contributed by atoms with Crippen LogP contribution in [0.3, 0.4) is 0 Å². The Balaban J connectivity index is 1.58. The van der Waals surface area contributed by atoms with E-state index in [4.69, 9.17) is 4.74 Å². The van der Waals surface area contributed by atoms with Crippen molar-refractivity contribution in [2.24, 2.45) is 0 Å². The van der Waals surface area contributed by atoms with Gasteiger partial charge in [-0.25, -0.2) is 14.2 Å². The topological polar surface area (TPSA) is 106 Å². The van der Waals surface area contributed by atoms with E-state index in [9.17, 15) is 9.59 Å². The molecule has 1 aliphatic carbocycles. The number of hydrogen-bond acceptors (Lipinski definition) is 7. The first-order chi connectivity index (χ1) is 15.1. The van der Waals surface area contributed by atoms with E-state index in [0.717, 1.165) is 31.4 Å². The largest absolute Gasteiger partial charge is 0.462 e. The number of piperidine rings is 1. The maximum absolute atomic E-state index is 15.2. The molecule has 5 rings (SSSR count). The normalized spacial score (nSPS) is 19.0. The van der Waals surface area contributed by atoms with Crippen molar-refractivity contribution in [1.29, 1.82) is 0 Å². The molecule has 9 nitrogen and oxygen atoms in total. The summed E-state index contributed by atoms with van der Waals surface area (Å²) in [6.45, 7) is 3.07. The van der Waals surface area contributed by atoms with Gasteiger partial charge in [-0.15, -0.1) is 0 Å². The molecule has 2 fully saturated rings. The summed E-state index contributed by atoms with van der Waals surface area (Å²) in [5.41, 5.74) is 0.613. The fourth-order valence-electron chi connectivity index (χ4n) is 4.26. The number of esters is 1. The number of aromatic amines is 1. The van der Waals surface area contributed by atoms with Crippen LogP contribution in [0.1, 0.15) is 60.6 Å². The summed E-state index contributed by atoms with van der Waals surface area (Å²) >= 11 is 0. The number of nitrogens with one attached hydrogen (secondary N) is 1. The molecule has 1 N–H and O–H groups in total. The second-order valence-corrected chi connectivity index (χ2v) is 8.08. The van der Waals surface area contributed by atoms with Crippen LogP contribution in [0.4, 0.5) is 10.2 Å². The number of halogens is 1. The Kier molecular flexibility index (Phi) is 4.91. The van der Waals surface area contributed by atoms with Gasteiger partial charge in [0.2, 0.25) is 5.43 Å². The first kappa shape index (κ1) is 19.7. The lowest BCUT2D eigenvalue weighted by Gasteiger charge is -2.33. The van der Waals surface area contributed by atoms with E-state index >= 15 is 4.39 Å². The molecule has 1 unspecified atom stereocenters. The van der Waals surface area contributed by atoms with E-state index < -0.39 is 17.2 Å². The molecule has 1 atom stereocenters. The molecule has 3 aromatic heterocycles. The van der Waals surface area contributed by atoms with Crippen LogP contribution < -0.4 is 10.3 Å². The third-order valence-corrected chi connectivity index (χ3v) is 5.95. The number of ether oxygens (including phenoxy) is 1. The molecular weight excluding hydrogens is 403 g/mol. The average molecular weight is 426 g/mol. The number of fused-ring (bicyclic) bond motifs is 1. The number of nitrogens with zero attached hydrogens (tertiary/aromatic N) is 5. The number of aromatic nitrogens is 5. The second kappa shape index (κ2) is 7.75. The molecule has 10 heteroatoms. The predicted molar refractivity (Wildman–Crippen MR) is 111 cm³/mol. The molecule has 0 bridgehead atoms. The lowest BCUT2D eigenvalue weighted by atomic mass is 9.95. The third kappa shape index (κ3) is 3.55. The van der Waals surface area contributed by atoms with Gasteiger partial charge in [-0.3, -0.25) is 4.79 Å². The van der Waals surface area contributed by atoms with Gasteiger partial charge in [-0.05, 0) is 38.7 Å². The molecule has 1 saturated carbocycles. The van der Waals surface area contributed by atoms with E-state index in [-0.39, 0.29) is 35.3 Å². The predicted octanol–water partition coefficient (Wildman–Crippen LogP) is 2.55. The molecule has 4 heterocycles. The van der Waals surface area contributed by atoms with Crippen LogP contribution in [0.15, 0.2) is 23.3 Å². The Labute approximate surface area is 177 Å². The molecular formula is C21H23FN6O3. The Hall–Kier alpha value is -3.30. The van der Waals surface area contributed by atoms with Crippen LogP contribution in [0.5, 0.6) is 0 Å². The Morgan fingerprint density at radius 3 is 2.90 bits per heavy atom. The van der Waals surface area contributed by atoms with Crippen LogP contribution in [-0.2, 0) is 4.74 Å². The first-order valence-corrected chi connectivity index (χ1v) is 10.6. The number of pyridine rings is 2. The van der Waals surface area contributed by atoms with Crippen molar-refractivity contribution >= 4 is 22.8 Å². The molecule has 3 aromatic rings. The molecule has 162 valence electrons.